The molecule has 3 nitrogen and oxygen atoms in total. The van der Waals surface area contributed by atoms with Gasteiger partial charge in [-0.15, -0.1) is 0 Å². The predicted molar refractivity (Wildman–Crippen MR) is 68.3 cm³/mol. The molecule has 0 saturated carbocycles. The molecule has 0 aliphatic carbocycles. The lowest BCUT2D eigenvalue weighted by Crippen LogP contribution is -2.00. The molecule has 0 spiro atoms. The van der Waals surface area contributed by atoms with Crippen LogP contribution < -0.4 is 0 Å². The largest absolute Gasteiger partial charge is 0.478 e. The summed E-state index contributed by atoms with van der Waals surface area (Å²) in [5, 5.41) is 17.9. The number of carbonyl (C=O) groups is 1. The van der Waals surface area contributed by atoms with Crippen molar-refractivity contribution in [1.82, 2.24) is 0 Å². The van der Waals surface area contributed by atoms with E-state index in [-0.39, 0.29) is 5.56 Å². The van der Waals surface area contributed by atoms with Crippen LogP contribution in [-0.4, -0.2) is 11.1 Å². The Kier molecular flexibility index (Phi) is 3.11. The van der Waals surface area contributed by atoms with Gasteiger partial charge in [0.1, 0.15) is 0 Å². The van der Waals surface area contributed by atoms with Crippen LogP contribution in [0.2, 0.25) is 0 Å². The lowest BCUT2D eigenvalue weighted by Gasteiger charge is -2.07. The Labute approximate surface area is 105 Å². The van der Waals surface area contributed by atoms with Crippen LogP contribution in [0, 0.1) is 18.3 Å². The molecule has 0 fully saturated rings. The van der Waals surface area contributed by atoms with E-state index in [2.05, 4.69) is 0 Å². The van der Waals surface area contributed by atoms with Gasteiger partial charge in [-0.2, -0.15) is 5.26 Å². The minimum absolute atomic E-state index is 0.278. The number of nitriles is 1. The van der Waals surface area contributed by atoms with Gasteiger partial charge in [0.15, 0.2) is 0 Å². The van der Waals surface area contributed by atoms with Gasteiger partial charge >= 0.3 is 5.97 Å². The van der Waals surface area contributed by atoms with E-state index < -0.39 is 5.97 Å². The van der Waals surface area contributed by atoms with Gasteiger partial charge in [0.05, 0.1) is 17.2 Å². The van der Waals surface area contributed by atoms with E-state index in [0.29, 0.717) is 11.1 Å². The van der Waals surface area contributed by atoms with Crippen LogP contribution in [0.15, 0.2) is 42.5 Å². The minimum Gasteiger partial charge on any atom is -0.478 e. The molecule has 2 aromatic rings. The molecule has 0 saturated heterocycles. The third kappa shape index (κ3) is 2.23. The Balaban J connectivity index is 2.56. The van der Waals surface area contributed by atoms with Crippen molar-refractivity contribution in [2.45, 2.75) is 6.92 Å². The molecule has 0 unspecified atom stereocenters. The van der Waals surface area contributed by atoms with E-state index in [4.69, 9.17) is 5.26 Å². The highest BCUT2D eigenvalue weighted by molar-refractivity contribution is 5.96. The lowest BCUT2D eigenvalue weighted by atomic mass is 9.97. The summed E-state index contributed by atoms with van der Waals surface area (Å²) >= 11 is 0. The molecule has 0 heterocycles. The average Bonchev–Trinajstić information content (AvgIpc) is 2.39. The van der Waals surface area contributed by atoms with Crippen molar-refractivity contribution in [2.75, 3.05) is 0 Å². The summed E-state index contributed by atoms with van der Waals surface area (Å²) in [6.45, 7) is 1.86. The summed E-state index contributed by atoms with van der Waals surface area (Å²) < 4.78 is 0. The van der Waals surface area contributed by atoms with Crippen LogP contribution in [0.5, 0.6) is 0 Å². The summed E-state index contributed by atoms with van der Waals surface area (Å²) in [7, 11) is 0. The van der Waals surface area contributed by atoms with E-state index in [1.165, 1.54) is 0 Å². The van der Waals surface area contributed by atoms with Gasteiger partial charge in [0.25, 0.3) is 0 Å². The summed E-state index contributed by atoms with van der Waals surface area (Å²) in [6.07, 6.45) is 0. The van der Waals surface area contributed by atoms with Crippen molar-refractivity contribution >= 4 is 5.97 Å². The predicted octanol–water partition coefficient (Wildman–Crippen LogP) is 3.23. The molecule has 2 aromatic carbocycles. The van der Waals surface area contributed by atoms with Crippen LogP contribution in [-0.2, 0) is 0 Å². The summed E-state index contributed by atoms with van der Waals surface area (Å²) in [4.78, 5) is 11.2. The van der Waals surface area contributed by atoms with E-state index in [1.54, 1.807) is 36.4 Å². The van der Waals surface area contributed by atoms with Crippen molar-refractivity contribution in [3.8, 4) is 17.2 Å². The summed E-state index contributed by atoms with van der Waals surface area (Å²) in [6, 6.07) is 14.2. The maximum Gasteiger partial charge on any atom is 0.336 e. The first-order valence-corrected chi connectivity index (χ1v) is 5.46. The molecule has 0 atom stereocenters. The monoisotopic (exact) mass is 237 g/mol. The number of carboxylic acid groups (broad SMARTS) is 1. The van der Waals surface area contributed by atoms with E-state index in [1.807, 2.05) is 19.1 Å². The Bertz CT molecular complexity index is 637. The maximum atomic E-state index is 11.2. The standard InChI is InChI=1S/C15H11NO2/c1-10-2-7-13(14(8-10)15(17)18)12-5-3-11(9-16)4-6-12/h2-8H,1H3,(H,17,18). The van der Waals surface area contributed by atoms with Gasteiger partial charge in [0, 0.05) is 0 Å². The van der Waals surface area contributed by atoms with Gasteiger partial charge in [-0.25, -0.2) is 4.79 Å². The third-order valence-corrected chi connectivity index (χ3v) is 2.73. The van der Waals surface area contributed by atoms with Crippen molar-refractivity contribution in [1.29, 1.82) is 5.26 Å². The number of hydrogen-bond donors (Lipinski definition) is 1. The average molecular weight is 237 g/mol. The summed E-state index contributed by atoms with van der Waals surface area (Å²) in [5.41, 5.74) is 3.20. The van der Waals surface area contributed by atoms with E-state index in [0.717, 1.165) is 11.1 Å². The highest BCUT2D eigenvalue weighted by Crippen LogP contribution is 2.25. The first kappa shape index (κ1) is 11.9. The number of carboxylic acids is 1. The molecule has 88 valence electrons. The maximum absolute atomic E-state index is 11.2. The number of aromatic carboxylic acids is 1. The number of nitrogens with zero attached hydrogens (tertiary/aromatic N) is 1. The van der Waals surface area contributed by atoms with E-state index in [9.17, 15) is 9.90 Å². The smallest absolute Gasteiger partial charge is 0.336 e. The SMILES string of the molecule is Cc1ccc(-c2ccc(C#N)cc2)c(C(=O)O)c1. The van der Waals surface area contributed by atoms with Crippen LogP contribution in [0.1, 0.15) is 21.5 Å². The molecule has 0 aromatic heterocycles. The number of benzene rings is 2. The zero-order valence-corrected chi connectivity index (χ0v) is 9.84. The number of hydrogen-bond acceptors (Lipinski definition) is 2. The Morgan fingerprint density at radius 2 is 1.83 bits per heavy atom. The van der Waals surface area contributed by atoms with Crippen LogP contribution in [0.4, 0.5) is 0 Å². The van der Waals surface area contributed by atoms with Crippen molar-refractivity contribution in [3.63, 3.8) is 0 Å². The van der Waals surface area contributed by atoms with Gasteiger partial charge < -0.3 is 5.11 Å². The first-order chi connectivity index (χ1) is 8.61. The second-order valence-electron chi connectivity index (χ2n) is 4.04. The molecule has 2 rings (SSSR count). The lowest BCUT2D eigenvalue weighted by molar-refractivity contribution is 0.0697. The third-order valence-electron chi connectivity index (χ3n) is 2.73. The number of rotatable bonds is 2. The highest BCUT2D eigenvalue weighted by atomic mass is 16.4. The zero-order chi connectivity index (χ0) is 13.1. The van der Waals surface area contributed by atoms with E-state index >= 15 is 0 Å². The van der Waals surface area contributed by atoms with Crippen molar-refractivity contribution < 1.29 is 9.90 Å². The molecule has 0 amide bonds. The second-order valence-corrected chi connectivity index (χ2v) is 4.04. The van der Waals surface area contributed by atoms with Crippen LogP contribution >= 0.6 is 0 Å². The normalized spacial score (nSPS) is 9.78. The molecule has 1 N–H and O–H groups in total. The summed E-state index contributed by atoms with van der Waals surface area (Å²) in [5.74, 6) is -0.946. The zero-order valence-electron chi connectivity index (χ0n) is 9.84. The molecular weight excluding hydrogens is 226 g/mol. The number of aryl methyl sites for hydroxylation is 1. The molecule has 18 heavy (non-hydrogen) atoms. The van der Waals surface area contributed by atoms with Crippen LogP contribution in [0.3, 0.4) is 0 Å². The molecular formula is C15H11NO2. The molecule has 0 aliphatic heterocycles. The van der Waals surface area contributed by atoms with Gasteiger partial charge in [-0.3, -0.25) is 0 Å². The van der Waals surface area contributed by atoms with Crippen molar-refractivity contribution in [2.24, 2.45) is 0 Å². The molecule has 0 radical (unpaired) electrons. The second kappa shape index (κ2) is 4.72. The fourth-order valence-corrected chi connectivity index (χ4v) is 1.81. The fourth-order valence-electron chi connectivity index (χ4n) is 1.81. The topological polar surface area (TPSA) is 61.1 Å². The van der Waals surface area contributed by atoms with Crippen LogP contribution in [0.25, 0.3) is 11.1 Å². The Hall–Kier alpha value is -2.60. The fraction of sp³-hybridized carbons (Fsp3) is 0.0667. The Morgan fingerprint density at radius 3 is 2.39 bits per heavy atom. The minimum atomic E-state index is -0.946. The molecule has 0 bridgehead atoms. The highest BCUT2D eigenvalue weighted by Gasteiger charge is 2.11. The van der Waals surface area contributed by atoms with Gasteiger partial charge in [0.2, 0.25) is 0 Å². The van der Waals surface area contributed by atoms with Gasteiger partial charge in [-0.05, 0) is 36.2 Å². The molecule has 0 aliphatic rings. The molecule has 3 heteroatoms. The van der Waals surface area contributed by atoms with Gasteiger partial charge in [-0.1, -0.05) is 29.8 Å². The van der Waals surface area contributed by atoms with Crippen molar-refractivity contribution in [3.05, 3.63) is 59.2 Å². The quantitative estimate of drug-likeness (QED) is 0.872. The Morgan fingerprint density at radius 1 is 1.17 bits per heavy atom. The first-order valence-electron chi connectivity index (χ1n) is 5.46.